The number of carbonyl (C=O) groups excluding carboxylic acids is 1. The Bertz CT molecular complexity index is 755. The van der Waals surface area contributed by atoms with Crippen LogP contribution in [-0.4, -0.2) is 94.9 Å². The van der Waals surface area contributed by atoms with E-state index >= 15 is 0 Å². The summed E-state index contributed by atoms with van der Waals surface area (Å²) in [5.41, 5.74) is -0.940. The number of rotatable bonds is 17. The molecule has 1 unspecified atom stereocenters. The van der Waals surface area contributed by atoms with Crippen molar-refractivity contribution in [2.75, 3.05) is 26.4 Å². The molecule has 1 amide bonds. The average molecular weight is 586 g/mol. The van der Waals surface area contributed by atoms with Crippen LogP contribution in [0.25, 0.3) is 0 Å². The summed E-state index contributed by atoms with van der Waals surface area (Å²) in [5, 5.41) is 32.3. The van der Waals surface area contributed by atoms with Crippen molar-refractivity contribution in [3.8, 4) is 0 Å². The first kappa shape index (κ1) is 36.4. The van der Waals surface area contributed by atoms with Crippen LogP contribution in [0.2, 0.25) is 0 Å². The van der Waals surface area contributed by atoms with Crippen LogP contribution in [0.3, 0.4) is 0 Å². The van der Waals surface area contributed by atoms with Crippen molar-refractivity contribution < 1.29 is 52.8 Å². The van der Waals surface area contributed by atoms with Crippen LogP contribution in [0.5, 0.6) is 0 Å². The summed E-state index contributed by atoms with van der Waals surface area (Å²) in [4.78, 5) is 21.6. The van der Waals surface area contributed by atoms with Crippen LogP contribution in [0.1, 0.15) is 87.0 Å². The Kier molecular flexibility index (Phi) is 15.6. The molecule has 39 heavy (non-hydrogen) atoms. The van der Waals surface area contributed by atoms with Gasteiger partial charge in [0.25, 0.3) is 0 Å². The summed E-state index contributed by atoms with van der Waals surface area (Å²) >= 11 is 0. The average Bonchev–Trinajstić information content (AvgIpc) is 2.76. The Morgan fingerprint density at radius 3 is 2.13 bits per heavy atom. The van der Waals surface area contributed by atoms with Gasteiger partial charge in [-0.15, -0.1) is 0 Å². The summed E-state index contributed by atoms with van der Waals surface area (Å²) in [7, 11) is -4.23. The van der Waals surface area contributed by atoms with E-state index in [1.807, 2.05) is 20.8 Å². The van der Waals surface area contributed by atoms with Crippen LogP contribution in [0.15, 0.2) is 0 Å². The molecule has 0 aliphatic carbocycles. The van der Waals surface area contributed by atoms with Crippen molar-refractivity contribution in [2.24, 2.45) is 5.41 Å². The first-order chi connectivity index (χ1) is 17.9. The van der Waals surface area contributed by atoms with Gasteiger partial charge in [-0.3, -0.25) is 13.8 Å². The molecule has 7 atom stereocenters. The van der Waals surface area contributed by atoms with Crippen LogP contribution in [0, 0.1) is 5.41 Å². The fraction of sp³-hybridized carbons (Fsp3) is 0.962. The van der Waals surface area contributed by atoms with Gasteiger partial charge in [0, 0.05) is 20.1 Å². The van der Waals surface area contributed by atoms with Crippen LogP contribution in [-0.2, 0) is 32.6 Å². The normalized spacial score (nSPS) is 26.7. The van der Waals surface area contributed by atoms with E-state index < -0.39 is 62.7 Å². The third-order valence-electron chi connectivity index (χ3n) is 5.78. The fourth-order valence-electron chi connectivity index (χ4n) is 4.23. The number of unbranched alkanes of at least 4 members (excludes halogenated alkanes) is 4. The third-order valence-corrected chi connectivity index (χ3v) is 7.12. The molecule has 1 rings (SSSR count). The molecule has 1 fully saturated rings. The van der Waals surface area contributed by atoms with Gasteiger partial charge < -0.3 is 39.7 Å². The highest BCUT2D eigenvalue weighted by Gasteiger charge is 2.45. The lowest BCUT2D eigenvalue weighted by atomic mass is 9.89. The van der Waals surface area contributed by atoms with Gasteiger partial charge >= 0.3 is 7.82 Å². The predicted molar refractivity (Wildman–Crippen MR) is 145 cm³/mol. The van der Waals surface area contributed by atoms with E-state index in [1.165, 1.54) is 6.92 Å². The molecule has 0 radical (unpaired) electrons. The Hall–Kier alpha value is -0.660. The third kappa shape index (κ3) is 15.8. The second kappa shape index (κ2) is 16.7. The molecule has 0 aromatic carbocycles. The first-order valence-corrected chi connectivity index (χ1v) is 15.2. The summed E-state index contributed by atoms with van der Waals surface area (Å²) < 4.78 is 40.1. The standard InChI is InChI=1S/C26H52NO11P/c1-18(29)27-21-23(31)22(30)20(16-28)36-24(21)35-14-12-10-8-9-11-13-34-17-19(15-25(2,3)4)37-39(32,33)38-26(5,6)7/h19-24,28,30-31H,8-17H2,1-7H3,(H,27,29)(H,32,33)/t19-,20-,21-,22+,23-,24-/m1/s1. The Balaban J connectivity index is 2.33. The topological polar surface area (TPSA) is 173 Å². The van der Waals surface area contributed by atoms with E-state index in [4.69, 9.17) is 23.3 Å². The number of aliphatic hydroxyl groups is 3. The number of phosphoric ester groups is 1. The van der Waals surface area contributed by atoms with Gasteiger partial charge in [-0.2, -0.15) is 0 Å². The summed E-state index contributed by atoms with van der Waals surface area (Å²) in [5.74, 6) is -0.395. The SMILES string of the molecule is CC(=O)N[C@H]1[C@H](OCCCCCCCOC[C@@H](CC(C)(C)C)OP(=O)(O)OC(C)(C)C)O[C@H](CO)[C@H](O)[C@@H]1O. The molecule has 13 heteroatoms. The molecule has 0 bridgehead atoms. The molecular weight excluding hydrogens is 533 g/mol. The van der Waals surface area contributed by atoms with E-state index in [1.54, 1.807) is 20.8 Å². The first-order valence-electron chi connectivity index (χ1n) is 13.7. The van der Waals surface area contributed by atoms with Gasteiger partial charge in [-0.25, -0.2) is 4.57 Å². The van der Waals surface area contributed by atoms with Gasteiger partial charge in [0.15, 0.2) is 6.29 Å². The highest BCUT2D eigenvalue weighted by Crippen LogP contribution is 2.49. The molecule has 1 saturated heterocycles. The fourth-order valence-corrected chi connectivity index (χ4v) is 5.48. The van der Waals surface area contributed by atoms with E-state index in [9.17, 15) is 29.6 Å². The van der Waals surface area contributed by atoms with E-state index in [0.717, 1.165) is 32.1 Å². The molecule has 1 heterocycles. The predicted octanol–water partition coefficient (Wildman–Crippen LogP) is 2.65. The van der Waals surface area contributed by atoms with E-state index in [-0.39, 0.29) is 12.0 Å². The highest BCUT2D eigenvalue weighted by molar-refractivity contribution is 7.47. The van der Waals surface area contributed by atoms with Crippen molar-refractivity contribution in [1.82, 2.24) is 5.32 Å². The molecule has 0 aromatic heterocycles. The number of carbonyl (C=O) groups is 1. The molecule has 1 aliphatic heterocycles. The Labute approximate surface area is 233 Å². The van der Waals surface area contributed by atoms with Crippen LogP contribution in [0.4, 0.5) is 0 Å². The number of hydrogen-bond donors (Lipinski definition) is 5. The van der Waals surface area contributed by atoms with Gasteiger partial charge in [-0.05, 0) is 45.4 Å². The lowest BCUT2D eigenvalue weighted by molar-refractivity contribution is -0.270. The van der Waals surface area contributed by atoms with Crippen LogP contribution >= 0.6 is 7.82 Å². The zero-order chi connectivity index (χ0) is 29.9. The Morgan fingerprint density at radius 2 is 1.59 bits per heavy atom. The van der Waals surface area contributed by atoms with Gasteiger partial charge in [-0.1, -0.05) is 40.0 Å². The largest absolute Gasteiger partial charge is 0.473 e. The van der Waals surface area contributed by atoms with E-state index in [2.05, 4.69) is 5.32 Å². The molecule has 0 aromatic rings. The molecule has 232 valence electrons. The molecule has 0 saturated carbocycles. The summed E-state index contributed by atoms with van der Waals surface area (Å²) in [6, 6.07) is -0.941. The molecular formula is C26H52NO11P. The zero-order valence-corrected chi connectivity index (χ0v) is 25.5. The maximum absolute atomic E-state index is 12.4. The van der Waals surface area contributed by atoms with Crippen LogP contribution < -0.4 is 5.32 Å². The molecule has 5 N–H and O–H groups in total. The van der Waals surface area contributed by atoms with Gasteiger partial charge in [0.2, 0.25) is 5.91 Å². The summed E-state index contributed by atoms with van der Waals surface area (Å²) in [6.45, 7) is 13.0. The maximum atomic E-state index is 12.4. The second-order valence-electron chi connectivity index (χ2n) is 12.3. The number of aliphatic hydroxyl groups excluding tert-OH is 3. The van der Waals surface area contributed by atoms with Gasteiger partial charge in [0.05, 0.1) is 24.9 Å². The minimum atomic E-state index is -4.23. The minimum absolute atomic E-state index is 0.125. The maximum Gasteiger partial charge on any atom is 0.473 e. The number of amides is 1. The highest BCUT2D eigenvalue weighted by atomic mass is 31.2. The number of phosphoric acid groups is 1. The second-order valence-corrected chi connectivity index (χ2v) is 13.6. The van der Waals surface area contributed by atoms with Gasteiger partial charge in [0.1, 0.15) is 24.4 Å². The van der Waals surface area contributed by atoms with Crippen molar-refractivity contribution in [2.45, 2.75) is 129 Å². The summed E-state index contributed by atoms with van der Waals surface area (Å²) in [6.07, 6.45) is -0.426. The van der Waals surface area contributed by atoms with E-state index in [0.29, 0.717) is 19.6 Å². The smallest absolute Gasteiger partial charge is 0.394 e. The molecule has 1 aliphatic rings. The zero-order valence-electron chi connectivity index (χ0n) is 24.6. The minimum Gasteiger partial charge on any atom is -0.394 e. The van der Waals surface area contributed by atoms with Crippen molar-refractivity contribution in [3.63, 3.8) is 0 Å². The van der Waals surface area contributed by atoms with Crippen molar-refractivity contribution >= 4 is 13.7 Å². The van der Waals surface area contributed by atoms with Crippen molar-refractivity contribution in [1.29, 1.82) is 0 Å². The monoisotopic (exact) mass is 585 g/mol. The quantitative estimate of drug-likeness (QED) is 0.125. The lowest BCUT2D eigenvalue weighted by Gasteiger charge is -2.42. The molecule has 0 spiro atoms. The number of hydrogen-bond acceptors (Lipinski definition) is 10. The number of ether oxygens (including phenoxy) is 3. The number of nitrogens with one attached hydrogen (secondary N) is 1. The van der Waals surface area contributed by atoms with Crippen molar-refractivity contribution in [3.05, 3.63) is 0 Å². The lowest BCUT2D eigenvalue weighted by Crippen LogP contribution is -2.64. The molecule has 12 nitrogen and oxygen atoms in total. The Morgan fingerprint density at radius 1 is 1.00 bits per heavy atom.